The zero-order valence-corrected chi connectivity index (χ0v) is 9.19. The summed E-state index contributed by atoms with van der Waals surface area (Å²) < 4.78 is 0. The van der Waals surface area contributed by atoms with E-state index < -0.39 is 0 Å². The SMILES string of the molecule is CN1CCC(N2CC(C=O)CC2=O)CC1. The van der Waals surface area contributed by atoms with E-state index in [1.165, 1.54) is 0 Å². The van der Waals surface area contributed by atoms with Crippen LogP contribution in [0.3, 0.4) is 0 Å². The Kier molecular flexibility index (Phi) is 3.05. The molecule has 4 nitrogen and oxygen atoms in total. The Bertz CT molecular complexity index is 259. The number of hydrogen-bond acceptors (Lipinski definition) is 3. The summed E-state index contributed by atoms with van der Waals surface area (Å²) in [5.41, 5.74) is 0. The topological polar surface area (TPSA) is 40.6 Å². The maximum atomic E-state index is 11.7. The van der Waals surface area contributed by atoms with Crippen LogP contribution in [0.5, 0.6) is 0 Å². The summed E-state index contributed by atoms with van der Waals surface area (Å²) in [7, 11) is 2.11. The van der Waals surface area contributed by atoms with E-state index in [1.807, 2.05) is 4.90 Å². The molecule has 2 aliphatic heterocycles. The van der Waals surface area contributed by atoms with Crippen LogP contribution < -0.4 is 0 Å². The molecule has 84 valence electrons. The third-order valence-electron chi connectivity index (χ3n) is 3.51. The third-order valence-corrected chi connectivity index (χ3v) is 3.51. The molecule has 1 amide bonds. The van der Waals surface area contributed by atoms with E-state index in [9.17, 15) is 9.59 Å². The van der Waals surface area contributed by atoms with Crippen LogP contribution in [0.25, 0.3) is 0 Å². The highest BCUT2D eigenvalue weighted by molar-refractivity contribution is 5.83. The van der Waals surface area contributed by atoms with Gasteiger partial charge in [-0.25, -0.2) is 0 Å². The standard InChI is InChI=1S/C11H18N2O2/c1-12-4-2-10(3-5-12)13-7-9(8-14)6-11(13)15/h8-10H,2-7H2,1H3. The van der Waals surface area contributed by atoms with Gasteiger partial charge in [-0.2, -0.15) is 0 Å². The molecule has 0 saturated carbocycles. The Morgan fingerprint density at radius 3 is 2.53 bits per heavy atom. The predicted molar refractivity (Wildman–Crippen MR) is 56.4 cm³/mol. The molecule has 0 aromatic carbocycles. The van der Waals surface area contributed by atoms with Gasteiger partial charge in [-0.1, -0.05) is 0 Å². The van der Waals surface area contributed by atoms with Crippen LogP contribution in [0.2, 0.25) is 0 Å². The third kappa shape index (κ3) is 2.20. The molecule has 2 fully saturated rings. The Morgan fingerprint density at radius 2 is 2.00 bits per heavy atom. The first kappa shape index (κ1) is 10.6. The van der Waals surface area contributed by atoms with Crippen LogP contribution in [-0.2, 0) is 9.59 Å². The Balaban J connectivity index is 1.93. The molecule has 15 heavy (non-hydrogen) atoms. The van der Waals surface area contributed by atoms with E-state index >= 15 is 0 Å². The second kappa shape index (κ2) is 4.31. The second-order valence-corrected chi connectivity index (χ2v) is 4.68. The highest BCUT2D eigenvalue weighted by atomic mass is 16.2. The average Bonchev–Trinajstić information content (AvgIpc) is 2.61. The maximum Gasteiger partial charge on any atom is 0.223 e. The fourth-order valence-corrected chi connectivity index (χ4v) is 2.51. The van der Waals surface area contributed by atoms with Gasteiger partial charge in [0.05, 0.1) is 0 Å². The Morgan fingerprint density at radius 1 is 1.33 bits per heavy atom. The number of rotatable bonds is 2. The van der Waals surface area contributed by atoms with E-state index in [-0.39, 0.29) is 11.8 Å². The molecule has 1 unspecified atom stereocenters. The first-order valence-electron chi connectivity index (χ1n) is 5.64. The molecule has 2 saturated heterocycles. The summed E-state index contributed by atoms with van der Waals surface area (Å²) >= 11 is 0. The van der Waals surface area contributed by atoms with E-state index in [2.05, 4.69) is 11.9 Å². The highest BCUT2D eigenvalue weighted by Crippen LogP contribution is 2.23. The number of carbonyl (C=O) groups excluding carboxylic acids is 2. The molecule has 0 spiro atoms. The minimum absolute atomic E-state index is 0.0582. The number of likely N-dealkylation sites (tertiary alicyclic amines) is 2. The van der Waals surface area contributed by atoms with Crippen molar-refractivity contribution in [3.63, 3.8) is 0 Å². The van der Waals surface area contributed by atoms with Crippen molar-refractivity contribution in [1.29, 1.82) is 0 Å². The zero-order chi connectivity index (χ0) is 10.8. The van der Waals surface area contributed by atoms with Gasteiger partial charge >= 0.3 is 0 Å². The number of piperidine rings is 1. The molecule has 0 aromatic rings. The van der Waals surface area contributed by atoms with Crippen molar-refractivity contribution in [3.8, 4) is 0 Å². The van der Waals surface area contributed by atoms with E-state index in [1.54, 1.807) is 0 Å². The van der Waals surface area contributed by atoms with Gasteiger partial charge in [-0.3, -0.25) is 4.79 Å². The molecule has 2 rings (SSSR count). The van der Waals surface area contributed by atoms with Crippen molar-refractivity contribution in [3.05, 3.63) is 0 Å². The maximum absolute atomic E-state index is 11.7. The van der Waals surface area contributed by atoms with E-state index in [0.29, 0.717) is 19.0 Å². The lowest BCUT2D eigenvalue weighted by Crippen LogP contribution is -2.44. The average molecular weight is 210 g/mol. The molecule has 0 aromatic heterocycles. The quantitative estimate of drug-likeness (QED) is 0.608. The lowest BCUT2D eigenvalue weighted by Gasteiger charge is -2.35. The van der Waals surface area contributed by atoms with Gasteiger partial charge in [0.15, 0.2) is 0 Å². The molecule has 2 heterocycles. The van der Waals surface area contributed by atoms with Crippen molar-refractivity contribution < 1.29 is 9.59 Å². The van der Waals surface area contributed by atoms with Gasteiger partial charge in [0.25, 0.3) is 0 Å². The Labute approximate surface area is 90.2 Å². The summed E-state index contributed by atoms with van der Waals surface area (Å²) in [4.78, 5) is 26.5. The van der Waals surface area contributed by atoms with Crippen molar-refractivity contribution in [1.82, 2.24) is 9.80 Å². The largest absolute Gasteiger partial charge is 0.339 e. The number of nitrogens with zero attached hydrogens (tertiary/aromatic N) is 2. The van der Waals surface area contributed by atoms with Crippen molar-refractivity contribution >= 4 is 12.2 Å². The van der Waals surface area contributed by atoms with Crippen LogP contribution in [0.1, 0.15) is 19.3 Å². The number of carbonyl (C=O) groups is 2. The van der Waals surface area contributed by atoms with Crippen molar-refractivity contribution in [2.24, 2.45) is 5.92 Å². The summed E-state index contributed by atoms with van der Waals surface area (Å²) in [5.74, 6) is 0.110. The zero-order valence-electron chi connectivity index (χ0n) is 9.19. The molecular weight excluding hydrogens is 192 g/mol. The molecule has 1 atom stereocenters. The lowest BCUT2D eigenvalue weighted by atomic mass is 10.0. The first-order chi connectivity index (χ1) is 7.20. The van der Waals surface area contributed by atoms with E-state index in [4.69, 9.17) is 0 Å². The van der Waals surface area contributed by atoms with Crippen LogP contribution in [0.15, 0.2) is 0 Å². The van der Waals surface area contributed by atoms with Gasteiger partial charge < -0.3 is 14.6 Å². The summed E-state index contributed by atoms with van der Waals surface area (Å²) in [6.07, 6.45) is 3.45. The fraction of sp³-hybridized carbons (Fsp3) is 0.818. The minimum Gasteiger partial charge on any atom is -0.339 e. The van der Waals surface area contributed by atoms with Crippen LogP contribution in [0.4, 0.5) is 0 Å². The number of amides is 1. The minimum atomic E-state index is -0.0582. The molecule has 0 radical (unpaired) electrons. The van der Waals surface area contributed by atoms with Crippen LogP contribution in [0, 0.1) is 5.92 Å². The van der Waals surface area contributed by atoms with Gasteiger partial charge in [-0.15, -0.1) is 0 Å². The monoisotopic (exact) mass is 210 g/mol. The molecular formula is C11H18N2O2. The number of aldehydes is 1. The first-order valence-corrected chi connectivity index (χ1v) is 5.64. The Hall–Kier alpha value is -0.900. The summed E-state index contributed by atoms with van der Waals surface area (Å²) in [6.45, 7) is 2.76. The van der Waals surface area contributed by atoms with Gasteiger partial charge in [0, 0.05) is 24.9 Å². The van der Waals surface area contributed by atoms with E-state index in [0.717, 1.165) is 32.2 Å². The molecule has 0 N–H and O–H groups in total. The smallest absolute Gasteiger partial charge is 0.223 e. The molecule has 0 aliphatic carbocycles. The summed E-state index contributed by atoms with van der Waals surface area (Å²) in [5, 5.41) is 0. The van der Waals surface area contributed by atoms with Crippen LogP contribution >= 0.6 is 0 Å². The lowest BCUT2D eigenvalue weighted by molar-refractivity contribution is -0.130. The molecule has 0 bridgehead atoms. The molecule has 2 aliphatic rings. The second-order valence-electron chi connectivity index (χ2n) is 4.68. The molecule has 4 heteroatoms. The van der Waals surface area contributed by atoms with Gasteiger partial charge in [0.2, 0.25) is 5.91 Å². The van der Waals surface area contributed by atoms with Gasteiger partial charge in [0.1, 0.15) is 6.29 Å². The normalized spacial score (nSPS) is 29.8. The number of hydrogen-bond donors (Lipinski definition) is 0. The van der Waals surface area contributed by atoms with Crippen LogP contribution in [-0.4, -0.2) is 54.7 Å². The highest BCUT2D eigenvalue weighted by Gasteiger charge is 2.34. The van der Waals surface area contributed by atoms with Crippen molar-refractivity contribution in [2.75, 3.05) is 26.7 Å². The van der Waals surface area contributed by atoms with Gasteiger partial charge in [-0.05, 0) is 33.0 Å². The summed E-state index contributed by atoms with van der Waals surface area (Å²) in [6, 6.07) is 0.374. The fourth-order valence-electron chi connectivity index (χ4n) is 2.51. The predicted octanol–water partition coefficient (Wildman–Crippen LogP) is 0.128. The van der Waals surface area contributed by atoms with Crippen molar-refractivity contribution in [2.45, 2.75) is 25.3 Å².